The van der Waals surface area contributed by atoms with Gasteiger partial charge in [0.1, 0.15) is 15.1 Å². The molecular formula is C31H31N2Si+. The van der Waals surface area contributed by atoms with Crippen LogP contribution >= 0.6 is 0 Å². The smallest absolute Gasteiger partial charge is 0.220 e. The van der Waals surface area contributed by atoms with E-state index in [2.05, 4.69) is 122 Å². The standard InChI is InChI=1S/C31H31N2Si/c1-22-13-14-24(25-10-9-17-32-21-25)20-30(22)31-29-16-15-28(19-26(29)18-23(2)33(31)3)34(4,5)27-11-7-6-8-12-27/h6-21H,1-5H3/q+1. The maximum atomic E-state index is 4.32. The molecule has 0 spiro atoms. The lowest BCUT2D eigenvalue weighted by Gasteiger charge is -2.24. The first-order valence-corrected chi connectivity index (χ1v) is 14.9. The molecule has 0 aliphatic carbocycles. The minimum atomic E-state index is -1.78. The molecule has 2 nitrogen and oxygen atoms in total. The number of rotatable bonds is 4. The molecule has 0 unspecified atom stereocenters. The summed E-state index contributed by atoms with van der Waals surface area (Å²) in [5.41, 5.74) is 7.40. The second-order valence-corrected chi connectivity index (χ2v) is 14.2. The van der Waals surface area contributed by atoms with Gasteiger partial charge in [0.25, 0.3) is 0 Å². The van der Waals surface area contributed by atoms with Crippen molar-refractivity contribution >= 4 is 29.2 Å². The summed E-state index contributed by atoms with van der Waals surface area (Å²) < 4.78 is 2.33. The lowest BCUT2D eigenvalue weighted by atomic mass is 9.95. The molecule has 2 aromatic heterocycles. The van der Waals surface area contributed by atoms with Gasteiger partial charge in [-0.05, 0) is 41.6 Å². The van der Waals surface area contributed by atoms with Crippen LogP contribution in [0.4, 0.5) is 0 Å². The number of pyridine rings is 2. The first-order chi connectivity index (χ1) is 16.4. The van der Waals surface area contributed by atoms with Gasteiger partial charge in [0.05, 0.1) is 10.9 Å². The third-order valence-corrected chi connectivity index (χ3v) is 10.8. The molecule has 0 aliphatic rings. The highest BCUT2D eigenvalue weighted by molar-refractivity contribution is 7.00. The zero-order valence-corrected chi connectivity index (χ0v) is 21.6. The van der Waals surface area contributed by atoms with Crippen molar-refractivity contribution in [3.8, 4) is 22.4 Å². The minimum absolute atomic E-state index is 1.14. The molecule has 3 aromatic carbocycles. The highest BCUT2D eigenvalue weighted by Crippen LogP contribution is 2.32. The molecule has 0 saturated carbocycles. The fourth-order valence-electron chi connectivity index (χ4n) is 4.90. The Bertz CT molecular complexity index is 1490. The summed E-state index contributed by atoms with van der Waals surface area (Å²) in [5, 5.41) is 5.53. The molecule has 34 heavy (non-hydrogen) atoms. The zero-order valence-electron chi connectivity index (χ0n) is 20.6. The molecule has 0 radical (unpaired) electrons. The SMILES string of the molecule is Cc1ccc(-c2cccnc2)cc1-c1c2ccc([Si](C)(C)c3ccccc3)cc2cc(C)[n+]1C. The van der Waals surface area contributed by atoms with Crippen LogP contribution in [0.3, 0.4) is 0 Å². The third-order valence-electron chi connectivity index (χ3n) is 7.24. The summed E-state index contributed by atoms with van der Waals surface area (Å²) in [6, 6.07) is 31.3. The highest BCUT2D eigenvalue weighted by Gasteiger charge is 2.27. The predicted octanol–water partition coefficient (Wildman–Crippen LogP) is 5.83. The highest BCUT2D eigenvalue weighted by atomic mass is 28.3. The van der Waals surface area contributed by atoms with E-state index in [0.717, 1.165) is 5.56 Å². The van der Waals surface area contributed by atoms with E-state index in [-0.39, 0.29) is 0 Å². The monoisotopic (exact) mass is 459 g/mol. The average Bonchev–Trinajstić information content (AvgIpc) is 2.86. The van der Waals surface area contributed by atoms with E-state index in [1.165, 1.54) is 49.2 Å². The lowest BCUT2D eigenvalue weighted by molar-refractivity contribution is -0.665. The molecule has 0 saturated heterocycles. The van der Waals surface area contributed by atoms with Gasteiger partial charge in [-0.1, -0.05) is 84.1 Å². The number of aromatic nitrogens is 2. The number of nitrogens with zero attached hydrogens (tertiary/aromatic N) is 2. The summed E-state index contributed by atoms with van der Waals surface area (Å²) in [5.74, 6) is 0. The average molecular weight is 460 g/mol. The molecule has 0 amide bonds. The van der Waals surface area contributed by atoms with Crippen molar-refractivity contribution in [3.05, 3.63) is 109 Å². The maximum absolute atomic E-state index is 4.32. The number of hydrogen-bond acceptors (Lipinski definition) is 1. The topological polar surface area (TPSA) is 16.8 Å². The molecule has 0 atom stereocenters. The van der Waals surface area contributed by atoms with E-state index in [1.54, 1.807) is 0 Å². The predicted molar refractivity (Wildman–Crippen MR) is 146 cm³/mol. The molecule has 2 heterocycles. The van der Waals surface area contributed by atoms with Gasteiger partial charge in [-0.3, -0.25) is 4.98 Å². The summed E-state index contributed by atoms with van der Waals surface area (Å²) in [6.45, 7) is 9.30. The van der Waals surface area contributed by atoms with E-state index in [4.69, 9.17) is 0 Å². The van der Waals surface area contributed by atoms with Crippen molar-refractivity contribution in [2.75, 3.05) is 0 Å². The summed E-state index contributed by atoms with van der Waals surface area (Å²) in [7, 11) is 0.399. The Morgan fingerprint density at radius 2 is 1.53 bits per heavy atom. The molecule has 5 rings (SSSR count). The van der Waals surface area contributed by atoms with Gasteiger partial charge >= 0.3 is 0 Å². The van der Waals surface area contributed by atoms with E-state index in [0.29, 0.717) is 0 Å². The second kappa shape index (κ2) is 8.66. The molecule has 3 heteroatoms. The van der Waals surface area contributed by atoms with E-state index in [9.17, 15) is 0 Å². The Hall–Kier alpha value is -3.56. The van der Waals surface area contributed by atoms with Gasteiger partial charge < -0.3 is 0 Å². The number of fused-ring (bicyclic) bond motifs is 1. The lowest BCUT2D eigenvalue weighted by Crippen LogP contribution is -2.52. The van der Waals surface area contributed by atoms with Crippen LogP contribution in [0.1, 0.15) is 11.3 Å². The number of benzene rings is 3. The molecule has 5 aromatic rings. The van der Waals surface area contributed by atoms with Crippen LogP contribution < -0.4 is 14.9 Å². The summed E-state index contributed by atoms with van der Waals surface area (Å²) in [4.78, 5) is 4.32. The van der Waals surface area contributed by atoms with Gasteiger partial charge in [-0.2, -0.15) is 4.57 Å². The first-order valence-electron chi connectivity index (χ1n) is 11.9. The molecule has 0 N–H and O–H groups in total. The first kappa shape index (κ1) is 22.2. The Labute approximate surface area is 203 Å². The number of aryl methyl sites for hydroxylation is 2. The summed E-state index contributed by atoms with van der Waals surface area (Å²) in [6.07, 6.45) is 3.76. The van der Waals surface area contributed by atoms with Crippen molar-refractivity contribution in [3.63, 3.8) is 0 Å². The molecular weight excluding hydrogens is 428 g/mol. The van der Waals surface area contributed by atoms with Gasteiger partial charge in [0.15, 0.2) is 5.69 Å². The largest absolute Gasteiger partial charge is 0.264 e. The van der Waals surface area contributed by atoms with Crippen LogP contribution in [-0.2, 0) is 7.05 Å². The Balaban J connectivity index is 1.71. The van der Waals surface area contributed by atoms with Gasteiger partial charge in [-0.25, -0.2) is 0 Å². The van der Waals surface area contributed by atoms with Crippen molar-refractivity contribution in [2.24, 2.45) is 7.05 Å². The maximum Gasteiger partial charge on any atom is 0.220 e. The Morgan fingerprint density at radius 3 is 2.26 bits per heavy atom. The second-order valence-electron chi connectivity index (χ2n) is 9.76. The van der Waals surface area contributed by atoms with Crippen LogP contribution in [-0.4, -0.2) is 13.1 Å². The van der Waals surface area contributed by atoms with Crippen molar-refractivity contribution < 1.29 is 4.57 Å². The van der Waals surface area contributed by atoms with Crippen LogP contribution in [0.25, 0.3) is 33.2 Å². The van der Waals surface area contributed by atoms with Crippen LogP contribution in [0.15, 0.2) is 97.3 Å². The van der Waals surface area contributed by atoms with Gasteiger partial charge in [0.2, 0.25) is 5.69 Å². The van der Waals surface area contributed by atoms with Crippen molar-refractivity contribution in [1.82, 2.24) is 4.98 Å². The van der Waals surface area contributed by atoms with Crippen LogP contribution in [0, 0.1) is 13.8 Å². The third kappa shape index (κ3) is 3.86. The Kier molecular flexibility index (Phi) is 5.66. The fraction of sp³-hybridized carbons (Fsp3) is 0.161. The summed E-state index contributed by atoms with van der Waals surface area (Å²) >= 11 is 0. The van der Waals surface area contributed by atoms with Gasteiger partial charge in [-0.15, -0.1) is 0 Å². The van der Waals surface area contributed by atoms with E-state index in [1.807, 2.05) is 18.5 Å². The number of hydrogen-bond donors (Lipinski definition) is 0. The van der Waals surface area contributed by atoms with Crippen LogP contribution in [0.2, 0.25) is 13.1 Å². The molecule has 168 valence electrons. The molecule has 0 aliphatic heterocycles. The van der Waals surface area contributed by atoms with Gasteiger partial charge in [0, 0.05) is 30.9 Å². The van der Waals surface area contributed by atoms with Crippen LogP contribution in [0.5, 0.6) is 0 Å². The Morgan fingerprint density at radius 1 is 0.735 bits per heavy atom. The van der Waals surface area contributed by atoms with Crippen molar-refractivity contribution in [2.45, 2.75) is 26.9 Å². The van der Waals surface area contributed by atoms with E-state index < -0.39 is 8.07 Å². The minimum Gasteiger partial charge on any atom is -0.264 e. The molecule has 0 fully saturated rings. The van der Waals surface area contributed by atoms with Crippen molar-refractivity contribution in [1.29, 1.82) is 0 Å². The van der Waals surface area contributed by atoms with E-state index >= 15 is 0 Å². The normalized spacial score (nSPS) is 11.7. The quantitative estimate of drug-likeness (QED) is 0.244. The molecule has 0 bridgehead atoms. The fourth-order valence-corrected chi connectivity index (χ4v) is 7.28. The zero-order chi connectivity index (χ0) is 23.9.